The fourth-order valence-electron chi connectivity index (χ4n) is 3.54. The maximum Gasteiger partial charge on any atom is 0.265 e. The standard InChI is InChI=1S/C21H23BrN2O3S/c1-21(2)18-15-16(22)9-10-19(18)24(13-6-14-28(25,26)27)20(21)11-12-23-17-7-4-3-5-8-17/h3-5,7-12,15H,6,13-14H2,1-2H3,(H,25,26,27)/p+1. The molecular formula is C21H24BrN2O3S+. The molecule has 0 saturated carbocycles. The molecule has 0 bridgehead atoms. The summed E-state index contributed by atoms with van der Waals surface area (Å²) in [5.74, 6) is -0.255. The summed E-state index contributed by atoms with van der Waals surface area (Å²) in [7, 11) is -3.97. The number of allylic oxidation sites excluding steroid dienone is 1. The molecule has 0 spiro atoms. The van der Waals surface area contributed by atoms with Crippen molar-refractivity contribution in [2.75, 3.05) is 17.6 Å². The molecule has 0 aromatic heterocycles. The number of hydrogen-bond acceptors (Lipinski definition) is 3. The Morgan fingerprint density at radius 1 is 1.18 bits per heavy atom. The summed E-state index contributed by atoms with van der Waals surface area (Å²) < 4.78 is 34.5. The lowest BCUT2D eigenvalue weighted by Gasteiger charge is -2.15. The molecule has 3 rings (SSSR count). The fourth-order valence-corrected chi connectivity index (χ4v) is 4.40. The first-order valence-electron chi connectivity index (χ1n) is 9.07. The van der Waals surface area contributed by atoms with Gasteiger partial charge in [-0.05, 0) is 38.1 Å². The average molecular weight is 464 g/mol. The van der Waals surface area contributed by atoms with Crippen molar-refractivity contribution in [1.82, 2.24) is 0 Å². The van der Waals surface area contributed by atoms with Crippen LogP contribution in [0.5, 0.6) is 0 Å². The Balaban J connectivity index is 1.93. The third kappa shape index (κ3) is 4.71. The minimum atomic E-state index is -3.97. The van der Waals surface area contributed by atoms with Gasteiger partial charge in [-0.25, -0.2) is 0 Å². The molecule has 0 fully saturated rings. The smallest absolute Gasteiger partial charge is 0.265 e. The summed E-state index contributed by atoms with van der Waals surface area (Å²) in [5, 5.41) is 3.28. The maximum atomic E-state index is 11.1. The Hall–Kier alpha value is -1.96. The molecule has 148 valence electrons. The molecule has 1 heterocycles. The first kappa shape index (κ1) is 20.8. The zero-order valence-electron chi connectivity index (χ0n) is 15.9. The van der Waals surface area contributed by atoms with Gasteiger partial charge in [-0.15, -0.1) is 0 Å². The highest BCUT2D eigenvalue weighted by Gasteiger charge is 2.44. The summed E-state index contributed by atoms with van der Waals surface area (Å²) in [6, 6.07) is 16.0. The Bertz CT molecular complexity index is 1030. The summed E-state index contributed by atoms with van der Waals surface area (Å²) in [6.07, 6.45) is 4.28. The molecule has 2 aromatic rings. The van der Waals surface area contributed by atoms with Crippen LogP contribution < -0.4 is 5.32 Å². The maximum absolute atomic E-state index is 11.1. The van der Waals surface area contributed by atoms with E-state index < -0.39 is 10.1 Å². The Labute approximate surface area is 174 Å². The van der Waals surface area contributed by atoms with Gasteiger partial charge >= 0.3 is 0 Å². The number of fused-ring (bicyclic) bond motifs is 1. The molecule has 2 N–H and O–H groups in total. The van der Waals surface area contributed by atoms with Crippen molar-refractivity contribution >= 4 is 43.1 Å². The molecule has 7 heteroatoms. The molecule has 0 radical (unpaired) electrons. The first-order valence-corrected chi connectivity index (χ1v) is 11.5. The van der Waals surface area contributed by atoms with Crippen LogP contribution in [0.2, 0.25) is 0 Å². The van der Waals surface area contributed by atoms with Crippen molar-refractivity contribution in [1.29, 1.82) is 0 Å². The molecule has 28 heavy (non-hydrogen) atoms. The van der Waals surface area contributed by atoms with Crippen molar-refractivity contribution in [2.45, 2.75) is 25.7 Å². The second-order valence-electron chi connectivity index (χ2n) is 7.31. The predicted molar refractivity (Wildman–Crippen MR) is 117 cm³/mol. The molecular weight excluding hydrogens is 440 g/mol. The fraction of sp³-hybridized carbons (Fsp3) is 0.286. The number of anilines is 1. The van der Waals surface area contributed by atoms with E-state index in [-0.39, 0.29) is 11.2 Å². The number of para-hydroxylation sites is 1. The van der Waals surface area contributed by atoms with Crippen LogP contribution in [0.25, 0.3) is 0 Å². The predicted octanol–water partition coefficient (Wildman–Crippen LogP) is 4.73. The van der Waals surface area contributed by atoms with Gasteiger partial charge in [-0.1, -0.05) is 34.1 Å². The van der Waals surface area contributed by atoms with Crippen LogP contribution in [0.15, 0.2) is 65.3 Å². The second-order valence-corrected chi connectivity index (χ2v) is 9.79. The van der Waals surface area contributed by atoms with Crippen molar-refractivity contribution in [3.8, 4) is 0 Å². The van der Waals surface area contributed by atoms with E-state index in [1.54, 1.807) is 0 Å². The third-order valence-corrected chi connectivity index (χ3v) is 6.20. The zero-order chi connectivity index (χ0) is 20.4. The number of halogens is 1. The minimum absolute atomic E-state index is 0.244. The van der Waals surface area contributed by atoms with E-state index in [9.17, 15) is 8.42 Å². The largest absolute Gasteiger partial charge is 0.361 e. The normalized spacial score (nSPS) is 15.9. The molecule has 0 amide bonds. The van der Waals surface area contributed by atoms with Gasteiger partial charge in [0.25, 0.3) is 10.1 Å². The number of benzene rings is 2. The van der Waals surface area contributed by atoms with Crippen LogP contribution in [0.3, 0.4) is 0 Å². The molecule has 2 aromatic carbocycles. The number of nitrogens with one attached hydrogen (secondary N) is 1. The van der Waals surface area contributed by atoms with Crippen molar-refractivity contribution in [3.05, 3.63) is 70.8 Å². The number of hydrogen-bond donors (Lipinski definition) is 2. The van der Waals surface area contributed by atoms with Crippen LogP contribution in [-0.4, -0.2) is 35.6 Å². The van der Waals surface area contributed by atoms with E-state index in [1.165, 1.54) is 5.56 Å². The van der Waals surface area contributed by atoms with Crippen LogP contribution >= 0.6 is 15.9 Å². The second kappa shape index (κ2) is 8.19. The van der Waals surface area contributed by atoms with Crippen LogP contribution in [-0.2, 0) is 15.5 Å². The van der Waals surface area contributed by atoms with E-state index >= 15 is 0 Å². The van der Waals surface area contributed by atoms with Gasteiger partial charge in [0.1, 0.15) is 6.54 Å². The molecule has 0 aliphatic carbocycles. The minimum Gasteiger partial charge on any atom is -0.361 e. The van der Waals surface area contributed by atoms with Gasteiger partial charge in [0, 0.05) is 40.5 Å². The highest BCUT2D eigenvalue weighted by atomic mass is 79.9. The zero-order valence-corrected chi connectivity index (χ0v) is 18.3. The van der Waals surface area contributed by atoms with Gasteiger partial charge in [-0.3, -0.25) is 4.55 Å². The van der Waals surface area contributed by atoms with Crippen LogP contribution in [0, 0.1) is 0 Å². The Morgan fingerprint density at radius 2 is 1.89 bits per heavy atom. The first-order chi connectivity index (χ1) is 13.2. The summed E-state index contributed by atoms with van der Waals surface area (Å²) in [6.45, 7) is 4.81. The van der Waals surface area contributed by atoms with E-state index in [1.807, 2.05) is 54.7 Å². The SMILES string of the molecule is CC1(C)C(/C=C/Nc2ccccc2)=[N+](CCCS(=O)(=O)O)c2ccc(Br)cc21. The van der Waals surface area contributed by atoms with E-state index in [0.717, 1.165) is 21.6 Å². The van der Waals surface area contributed by atoms with Crippen molar-refractivity contribution < 1.29 is 17.5 Å². The highest BCUT2D eigenvalue weighted by molar-refractivity contribution is 9.10. The molecule has 0 atom stereocenters. The molecule has 0 saturated heterocycles. The lowest BCUT2D eigenvalue weighted by Crippen LogP contribution is -2.28. The molecule has 5 nitrogen and oxygen atoms in total. The lowest BCUT2D eigenvalue weighted by molar-refractivity contribution is -0.437. The number of rotatable bonds is 7. The van der Waals surface area contributed by atoms with Crippen LogP contribution in [0.4, 0.5) is 11.4 Å². The molecule has 1 aliphatic heterocycles. The van der Waals surface area contributed by atoms with Crippen molar-refractivity contribution in [3.63, 3.8) is 0 Å². The third-order valence-electron chi connectivity index (χ3n) is 4.90. The molecule has 0 unspecified atom stereocenters. The topological polar surface area (TPSA) is 69.4 Å². The van der Waals surface area contributed by atoms with Gasteiger partial charge in [0.15, 0.2) is 5.71 Å². The van der Waals surface area contributed by atoms with Gasteiger partial charge < -0.3 is 5.32 Å². The van der Waals surface area contributed by atoms with Crippen LogP contribution in [0.1, 0.15) is 25.8 Å². The summed E-state index contributed by atoms with van der Waals surface area (Å²) >= 11 is 3.55. The highest BCUT2D eigenvalue weighted by Crippen LogP contribution is 2.41. The van der Waals surface area contributed by atoms with Gasteiger partial charge in [0.2, 0.25) is 5.69 Å². The summed E-state index contributed by atoms with van der Waals surface area (Å²) in [5.41, 5.74) is 4.05. The monoisotopic (exact) mass is 463 g/mol. The van der Waals surface area contributed by atoms with E-state index in [2.05, 4.69) is 45.7 Å². The van der Waals surface area contributed by atoms with Gasteiger partial charge in [-0.2, -0.15) is 13.0 Å². The number of nitrogens with zero attached hydrogens (tertiary/aromatic N) is 1. The lowest BCUT2D eigenvalue weighted by atomic mass is 9.81. The van der Waals surface area contributed by atoms with E-state index in [0.29, 0.717) is 13.0 Å². The average Bonchev–Trinajstić information content (AvgIpc) is 2.82. The molecule has 1 aliphatic rings. The van der Waals surface area contributed by atoms with Crippen molar-refractivity contribution in [2.24, 2.45) is 0 Å². The Morgan fingerprint density at radius 3 is 2.57 bits per heavy atom. The summed E-state index contributed by atoms with van der Waals surface area (Å²) in [4.78, 5) is 0. The Kier molecular flexibility index (Phi) is 6.07. The van der Waals surface area contributed by atoms with E-state index in [4.69, 9.17) is 4.55 Å². The van der Waals surface area contributed by atoms with Gasteiger partial charge in [0.05, 0.1) is 11.2 Å². The quantitative estimate of drug-likeness (QED) is 0.459.